The van der Waals surface area contributed by atoms with Crippen LogP contribution in [-0.4, -0.2) is 35.7 Å². The third-order valence-corrected chi connectivity index (χ3v) is 2.71. The number of amides is 3. The van der Waals surface area contributed by atoms with Crippen molar-refractivity contribution in [1.29, 1.82) is 0 Å². The maximum atomic E-state index is 12.3. The molecule has 0 aliphatic carbocycles. The lowest BCUT2D eigenvalue weighted by molar-refractivity contribution is -0.121. The molecule has 6 nitrogen and oxygen atoms in total. The van der Waals surface area contributed by atoms with Gasteiger partial charge in [0.1, 0.15) is 13.1 Å². The molecule has 1 rings (SSSR count). The van der Waals surface area contributed by atoms with E-state index < -0.39 is 17.7 Å². The predicted molar refractivity (Wildman–Crippen MR) is 72.7 cm³/mol. The topological polar surface area (TPSA) is 106 Å². The molecule has 4 N–H and O–H groups in total. The molecule has 0 saturated carbocycles. The van der Waals surface area contributed by atoms with Crippen LogP contribution in [0.15, 0.2) is 23.1 Å². The SMILES string of the molecule is Cc1ccc(S)cc1C(=O)N(CC(N)=O)CC(N)=O. The average Bonchev–Trinajstić information content (AvgIpc) is 2.29. The van der Waals surface area contributed by atoms with Crippen LogP contribution in [0.5, 0.6) is 0 Å². The fourth-order valence-electron chi connectivity index (χ4n) is 1.59. The summed E-state index contributed by atoms with van der Waals surface area (Å²) in [6.45, 7) is 1.02. The molecule has 0 fully saturated rings. The molecule has 1 aromatic rings. The van der Waals surface area contributed by atoms with Gasteiger partial charge in [-0.15, -0.1) is 12.6 Å². The van der Waals surface area contributed by atoms with E-state index in [4.69, 9.17) is 11.5 Å². The maximum absolute atomic E-state index is 12.3. The van der Waals surface area contributed by atoms with Crippen molar-refractivity contribution in [2.45, 2.75) is 11.8 Å². The summed E-state index contributed by atoms with van der Waals surface area (Å²) in [5.41, 5.74) is 11.2. The minimum atomic E-state index is -0.714. The number of carbonyl (C=O) groups is 3. The van der Waals surface area contributed by atoms with Crippen molar-refractivity contribution in [2.75, 3.05) is 13.1 Å². The number of carbonyl (C=O) groups excluding carboxylic acids is 3. The highest BCUT2D eigenvalue weighted by Gasteiger charge is 2.21. The average molecular weight is 281 g/mol. The molecule has 0 saturated heterocycles. The number of rotatable bonds is 5. The van der Waals surface area contributed by atoms with Gasteiger partial charge < -0.3 is 16.4 Å². The van der Waals surface area contributed by atoms with E-state index in [0.29, 0.717) is 16.0 Å². The second-order valence-electron chi connectivity index (χ2n) is 4.09. The summed E-state index contributed by atoms with van der Waals surface area (Å²) in [7, 11) is 0. The van der Waals surface area contributed by atoms with Gasteiger partial charge >= 0.3 is 0 Å². The molecule has 0 radical (unpaired) electrons. The van der Waals surface area contributed by atoms with Gasteiger partial charge in [-0.25, -0.2) is 0 Å². The first kappa shape index (κ1) is 15.0. The van der Waals surface area contributed by atoms with Crippen LogP contribution in [0.2, 0.25) is 0 Å². The van der Waals surface area contributed by atoms with Gasteiger partial charge in [0.2, 0.25) is 11.8 Å². The Balaban J connectivity index is 3.07. The second-order valence-corrected chi connectivity index (χ2v) is 4.61. The van der Waals surface area contributed by atoms with Gasteiger partial charge in [0.05, 0.1) is 0 Å². The molecule has 102 valence electrons. The molecule has 0 aromatic heterocycles. The molecule has 3 amide bonds. The predicted octanol–water partition coefficient (Wildman–Crippen LogP) is -0.303. The Labute approximate surface area is 116 Å². The molecule has 0 heterocycles. The zero-order valence-corrected chi connectivity index (χ0v) is 11.3. The summed E-state index contributed by atoms with van der Waals surface area (Å²) >= 11 is 4.15. The van der Waals surface area contributed by atoms with Gasteiger partial charge in [-0.1, -0.05) is 6.07 Å². The summed E-state index contributed by atoms with van der Waals surface area (Å²) in [6.07, 6.45) is 0. The van der Waals surface area contributed by atoms with Crippen LogP contribution in [0.4, 0.5) is 0 Å². The third-order valence-electron chi connectivity index (χ3n) is 2.43. The highest BCUT2D eigenvalue weighted by molar-refractivity contribution is 7.80. The van der Waals surface area contributed by atoms with Crippen molar-refractivity contribution >= 4 is 30.4 Å². The third kappa shape index (κ3) is 4.29. The van der Waals surface area contributed by atoms with Gasteiger partial charge in [0, 0.05) is 10.5 Å². The Morgan fingerprint density at radius 2 is 1.68 bits per heavy atom. The largest absolute Gasteiger partial charge is 0.368 e. The monoisotopic (exact) mass is 281 g/mol. The van der Waals surface area contributed by atoms with Gasteiger partial charge in [-0.2, -0.15) is 0 Å². The Bertz CT molecular complexity index is 515. The number of benzene rings is 1. The highest BCUT2D eigenvalue weighted by Crippen LogP contribution is 2.16. The second kappa shape index (κ2) is 6.24. The molecule has 19 heavy (non-hydrogen) atoms. The lowest BCUT2D eigenvalue weighted by Gasteiger charge is -2.20. The maximum Gasteiger partial charge on any atom is 0.255 e. The van der Waals surface area contributed by atoms with Gasteiger partial charge in [0.25, 0.3) is 5.91 Å². The van der Waals surface area contributed by atoms with E-state index in [2.05, 4.69) is 12.6 Å². The summed E-state index contributed by atoms with van der Waals surface area (Å²) < 4.78 is 0. The molecule has 0 bridgehead atoms. The lowest BCUT2D eigenvalue weighted by Crippen LogP contribution is -2.43. The minimum Gasteiger partial charge on any atom is -0.368 e. The summed E-state index contributed by atoms with van der Waals surface area (Å²) in [6, 6.07) is 5.03. The number of primary amides is 2. The van der Waals surface area contributed by atoms with E-state index in [1.807, 2.05) is 0 Å². The van der Waals surface area contributed by atoms with E-state index >= 15 is 0 Å². The zero-order valence-electron chi connectivity index (χ0n) is 10.4. The van der Waals surface area contributed by atoms with Crippen molar-refractivity contribution in [1.82, 2.24) is 4.90 Å². The fourth-order valence-corrected chi connectivity index (χ4v) is 1.79. The molecule has 0 spiro atoms. The number of nitrogens with zero attached hydrogens (tertiary/aromatic N) is 1. The number of hydrogen-bond acceptors (Lipinski definition) is 4. The zero-order chi connectivity index (χ0) is 14.6. The summed E-state index contributed by atoms with van der Waals surface area (Å²) in [4.78, 5) is 35.8. The van der Waals surface area contributed by atoms with Crippen LogP contribution in [0.1, 0.15) is 15.9 Å². The van der Waals surface area contributed by atoms with Crippen molar-refractivity contribution in [3.63, 3.8) is 0 Å². The van der Waals surface area contributed by atoms with Crippen LogP contribution < -0.4 is 11.5 Å². The highest BCUT2D eigenvalue weighted by atomic mass is 32.1. The Morgan fingerprint density at radius 3 is 2.16 bits per heavy atom. The first-order valence-electron chi connectivity index (χ1n) is 5.46. The molecule has 0 atom stereocenters. The standard InChI is InChI=1S/C12H15N3O3S/c1-7-2-3-8(19)4-9(7)12(18)15(5-10(13)16)6-11(14)17/h2-4,19H,5-6H2,1H3,(H2,13,16)(H2,14,17). The Morgan fingerprint density at radius 1 is 1.16 bits per heavy atom. The quantitative estimate of drug-likeness (QED) is 0.645. The molecule has 0 unspecified atom stereocenters. The first-order chi connectivity index (χ1) is 8.81. The van der Waals surface area contributed by atoms with Crippen molar-refractivity contribution in [3.05, 3.63) is 29.3 Å². The number of nitrogens with two attached hydrogens (primary N) is 2. The van der Waals surface area contributed by atoms with E-state index in [1.54, 1.807) is 25.1 Å². The smallest absolute Gasteiger partial charge is 0.255 e. The molecule has 0 aliphatic rings. The van der Waals surface area contributed by atoms with E-state index in [9.17, 15) is 14.4 Å². The van der Waals surface area contributed by atoms with Gasteiger partial charge in [-0.3, -0.25) is 14.4 Å². The number of thiol groups is 1. The van der Waals surface area contributed by atoms with Crippen LogP contribution in [0.25, 0.3) is 0 Å². The summed E-state index contributed by atoms with van der Waals surface area (Å²) in [5, 5.41) is 0. The summed E-state index contributed by atoms with van der Waals surface area (Å²) in [5.74, 6) is -1.91. The van der Waals surface area contributed by atoms with Crippen LogP contribution in [0.3, 0.4) is 0 Å². The van der Waals surface area contributed by atoms with Gasteiger partial charge in [-0.05, 0) is 24.6 Å². The minimum absolute atomic E-state index is 0.356. The van der Waals surface area contributed by atoms with E-state index in [-0.39, 0.29) is 13.1 Å². The van der Waals surface area contributed by atoms with E-state index in [1.165, 1.54) is 0 Å². The Hall–Kier alpha value is -2.02. The molecule has 1 aromatic carbocycles. The van der Waals surface area contributed by atoms with Gasteiger partial charge in [0.15, 0.2) is 0 Å². The number of hydrogen-bond donors (Lipinski definition) is 3. The molecular weight excluding hydrogens is 266 g/mol. The fraction of sp³-hybridized carbons (Fsp3) is 0.250. The van der Waals surface area contributed by atoms with Crippen LogP contribution >= 0.6 is 12.6 Å². The van der Waals surface area contributed by atoms with Crippen LogP contribution in [0, 0.1) is 6.92 Å². The van der Waals surface area contributed by atoms with Crippen molar-refractivity contribution in [2.24, 2.45) is 11.5 Å². The first-order valence-corrected chi connectivity index (χ1v) is 5.91. The number of aryl methyl sites for hydroxylation is 1. The van der Waals surface area contributed by atoms with Crippen LogP contribution in [-0.2, 0) is 9.59 Å². The Kier molecular flexibility index (Phi) is 4.94. The van der Waals surface area contributed by atoms with Crippen molar-refractivity contribution in [3.8, 4) is 0 Å². The molecule has 0 aliphatic heterocycles. The molecular formula is C12H15N3O3S. The normalized spacial score (nSPS) is 10.0. The van der Waals surface area contributed by atoms with Crippen molar-refractivity contribution < 1.29 is 14.4 Å². The van der Waals surface area contributed by atoms with E-state index in [0.717, 1.165) is 4.90 Å². The molecule has 7 heteroatoms. The lowest BCUT2D eigenvalue weighted by atomic mass is 10.1.